The summed E-state index contributed by atoms with van der Waals surface area (Å²) in [6, 6.07) is 26.9. The number of fused-ring (bicyclic) bond motifs is 1. The van der Waals surface area contributed by atoms with Gasteiger partial charge in [0.05, 0.1) is 11.9 Å². The Balaban J connectivity index is 0.00000320. The molecular weight excluding hydrogens is 489 g/mol. The van der Waals surface area contributed by atoms with Crippen molar-refractivity contribution in [1.29, 1.82) is 0 Å². The van der Waals surface area contributed by atoms with Gasteiger partial charge in [-0.25, -0.2) is 14.2 Å². The highest BCUT2D eigenvalue weighted by atomic mass is 35.5. The highest BCUT2D eigenvalue weighted by Crippen LogP contribution is 2.35. The lowest BCUT2D eigenvalue weighted by molar-refractivity contribution is 0.0685. The molecule has 2 N–H and O–H groups in total. The van der Waals surface area contributed by atoms with Crippen molar-refractivity contribution in [3.8, 4) is 0 Å². The summed E-state index contributed by atoms with van der Waals surface area (Å²) in [5.74, 6) is -1.51. The number of anilines is 1. The molecule has 1 aromatic heterocycles. The molecule has 5 nitrogen and oxygen atoms in total. The first-order valence-corrected chi connectivity index (χ1v) is 12.4. The SMILES string of the molecule is C[C@@H](NCC1CCN(c2cnc(C(=O)O)c(F)c2)CC1c1ccccc1)c1cccc2ccccc12.Cl. The molecule has 1 fully saturated rings. The molecule has 37 heavy (non-hydrogen) atoms. The lowest BCUT2D eigenvalue weighted by Gasteiger charge is -2.40. The van der Waals surface area contributed by atoms with E-state index >= 15 is 0 Å². The molecular formula is C30H31ClFN3O2. The van der Waals surface area contributed by atoms with Gasteiger partial charge in [-0.3, -0.25) is 0 Å². The molecule has 1 saturated heterocycles. The van der Waals surface area contributed by atoms with Crippen molar-refractivity contribution in [2.75, 3.05) is 24.5 Å². The molecule has 0 bridgehead atoms. The maximum atomic E-state index is 14.4. The number of pyridine rings is 1. The Hall–Kier alpha value is -3.48. The monoisotopic (exact) mass is 519 g/mol. The second kappa shape index (κ2) is 11.7. The predicted octanol–water partition coefficient (Wildman–Crippen LogP) is 6.45. The van der Waals surface area contributed by atoms with Crippen molar-refractivity contribution in [2.45, 2.75) is 25.3 Å². The van der Waals surface area contributed by atoms with Crippen molar-refractivity contribution in [3.05, 3.63) is 108 Å². The van der Waals surface area contributed by atoms with Crippen LogP contribution in [-0.2, 0) is 0 Å². The summed E-state index contributed by atoms with van der Waals surface area (Å²) >= 11 is 0. The highest BCUT2D eigenvalue weighted by molar-refractivity contribution is 5.86. The van der Waals surface area contributed by atoms with Crippen LogP contribution >= 0.6 is 12.4 Å². The number of nitrogens with zero attached hydrogens (tertiary/aromatic N) is 2. The van der Waals surface area contributed by atoms with Gasteiger partial charge in [-0.05, 0) is 47.7 Å². The number of carboxylic acids is 1. The zero-order valence-electron chi connectivity index (χ0n) is 20.7. The van der Waals surface area contributed by atoms with E-state index < -0.39 is 17.5 Å². The van der Waals surface area contributed by atoms with Gasteiger partial charge in [-0.15, -0.1) is 12.4 Å². The summed E-state index contributed by atoms with van der Waals surface area (Å²) in [5.41, 5.74) is 2.62. The Morgan fingerprint density at radius 3 is 2.59 bits per heavy atom. The minimum atomic E-state index is -1.36. The van der Waals surface area contributed by atoms with Crippen molar-refractivity contribution in [3.63, 3.8) is 0 Å². The van der Waals surface area contributed by atoms with Crippen LogP contribution < -0.4 is 10.2 Å². The Bertz CT molecular complexity index is 1360. The van der Waals surface area contributed by atoms with Crippen molar-refractivity contribution < 1.29 is 14.3 Å². The topological polar surface area (TPSA) is 65.5 Å². The molecule has 0 aliphatic carbocycles. The third-order valence-corrected chi connectivity index (χ3v) is 7.35. The van der Waals surface area contributed by atoms with E-state index in [9.17, 15) is 9.18 Å². The fourth-order valence-corrected chi connectivity index (χ4v) is 5.38. The van der Waals surface area contributed by atoms with Crippen LogP contribution in [0.25, 0.3) is 10.8 Å². The molecule has 192 valence electrons. The number of piperidine rings is 1. The summed E-state index contributed by atoms with van der Waals surface area (Å²) in [5, 5.41) is 15.4. The van der Waals surface area contributed by atoms with Crippen LogP contribution in [0.3, 0.4) is 0 Å². The molecule has 3 atom stereocenters. The lowest BCUT2D eigenvalue weighted by Crippen LogP contribution is -2.43. The van der Waals surface area contributed by atoms with Gasteiger partial charge in [0.2, 0.25) is 0 Å². The van der Waals surface area contributed by atoms with Crippen LogP contribution in [0.1, 0.15) is 46.9 Å². The number of hydrogen-bond acceptors (Lipinski definition) is 4. The first-order chi connectivity index (χ1) is 17.5. The minimum absolute atomic E-state index is 0. The van der Waals surface area contributed by atoms with Crippen molar-refractivity contribution >= 4 is 34.8 Å². The van der Waals surface area contributed by atoms with E-state index in [1.807, 2.05) is 6.07 Å². The van der Waals surface area contributed by atoms with Crippen LogP contribution in [-0.4, -0.2) is 35.7 Å². The normalized spacial score (nSPS) is 18.3. The number of carboxylic acid groups (broad SMARTS) is 1. The third kappa shape index (κ3) is 5.76. The number of nitrogens with one attached hydrogen (secondary N) is 1. The molecule has 7 heteroatoms. The quantitative estimate of drug-likeness (QED) is 0.293. The number of halogens is 2. The molecule has 2 unspecified atom stereocenters. The number of rotatable bonds is 7. The first-order valence-electron chi connectivity index (χ1n) is 12.4. The fourth-order valence-electron chi connectivity index (χ4n) is 5.38. The fraction of sp³-hybridized carbons (Fsp3) is 0.267. The van der Waals surface area contributed by atoms with Crippen LogP contribution in [0, 0.1) is 11.7 Å². The zero-order valence-corrected chi connectivity index (χ0v) is 21.5. The molecule has 0 spiro atoms. The summed E-state index contributed by atoms with van der Waals surface area (Å²) in [6.07, 6.45) is 2.40. The Labute approximate surface area is 222 Å². The van der Waals surface area contributed by atoms with E-state index in [-0.39, 0.29) is 24.4 Å². The van der Waals surface area contributed by atoms with E-state index in [2.05, 4.69) is 88.9 Å². The molecule has 2 heterocycles. The van der Waals surface area contributed by atoms with Gasteiger partial charge in [-0.2, -0.15) is 0 Å². The number of hydrogen-bond donors (Lipinski definition) is 2. The number of aromatic nitrogens is 1. The summed E-state index contributed by atoms with van der Waals surface area (Å²) < 4.78 is 14.4. The molecule has 0 radical (unpaired) electrons. The first kappa shape index (κ1) is 26.6. The lowest BCUT2D eigenvalue weighted by atomic mass is 9.80. The van der Waals surface area contributed by atoms with Gasteiger partial charge in [0.25, 0.3) is 0 Å². The van der Waals surface area contributed by atoms with E-state index in [1.54, 1.807) is 0 Å². The molecule has 1 aliphatic heterocycles. The van der Waals surface area contributed by atoms with E-state index in [1.165, 1.54) is 34.2 Å². The van der Waals surface area contributed by atoms with E-state index in [0.717, 1.165) is 19.5 Å². The maximum Gasteiger partial charge on any atom is 0.357 e. The zero-order chi connectivity index (χ0) is 25.1. The van der Waals surface area contributed by atoms with Gasteiger partial charge >= 0.3 is 5.97 Å². The second-order valence-electron chi connectivity index (χ2n) is 9.54. The van der Waals surface area contributed by atoms with Gasteiger partial charge in [0.1, 0.15) is 0 Å². The molecule has 1 aliphatic rings. The van der Waals surface area contributed by atoms with Crippen molar-refractivity contribution in [2.24, 2.45) is 5.92 Å². The highest BCUT2D eigenvalue weighted by Gasteiger charge is 2.31. The van der Waals surface area contributed by atoms with Gasteiger partial charge in [0, 0.05) is 31.1 Å². The summed E-state index contributed by atoms with van der Waals surface area (Å²) in [7, 11) is 0. The number of aromatic carboxylic acids is 1. The summed E-state index contributed by atoms with van der Waals surface area (Å²) in [4.78, 5) is 17.1. The Morgan fingerprint density at radius 2 is 1.84 bits per heavy atom. The molecule has 0 amide bonds. The van der Waals surface area contributed by atoms with Crippen LogP contribution in [0.2, 0.25) is 0 Å². The van der Waals surface area contributed by atoms with Crippen LogP contribution in [0.15, 0.2) is 85.1 Å². The average Bonchev–Trinajstić information content (AvgIpc) is 2.91. The maximum absolute atomic E-state index is 14.4. The van der Waals surface area contributed by atoms with E-state index in [4.69, 9.17) is 5.11 Å². The average molecular weight is 520 g/mol. The Morgan fingerprint density at radius 1 is 1.11 bits per heavy atom. The second-order valence-corrected chi connectivity index (χ2v) is 9.54. The van der Waals surface area contributed by atoms with Crippen LogP contribution in [0.5, 0.6) is 0 Å². The molecule has 4 aromatic rings. The molecule has 3 aromatic carbocycles. The van der Waals surface area contributed by atoms with E-state index in [0.29, 0.717) is 18.2 Å². The van der Waals surface area contributed by atoms with Crippen molar-refractivity contribution in [1.82, 2.24) is 10.3 Å². The molecule has 5 rings (SSSR count). The Kier molecular flexibility index (Phi) is 8.41. The standard InChI is InChI=1S/C30H30FN3O2.ClH/c1-20(25-13-7-11-21-10-5-6-12-26(21)25)32-17-23-14-15-34(19-27(23)22-8-3-2-4-9-22)24-16-28(31)29(30(35)36)33-18-24;/h2-13,16,18,20,23,27,32H,14-15,17,19H2,1H3,(H,35,36);1H/t20-,23?,27?;/m1./s1. The molecule has 0 saturated carbocycles. The third-order valence-electron chi connectivity index (χ3n) is 7.35. The van der Waals surface area contributed by atoms with Gasteiger partial charge in [0.15, 0.2) is 11.5 Å². The smallest absolute Gasteiger partial charge is 0.357 e. The number of benzene rings is 3. The summed E-state index contributed by atoms with van der Waals surface area (Å²) in [6.45, 7) is 4.55. The van der Waals surface area contributed by atoms with Crippen LogP contribution in [0.4, 0.5) is 10.1 Å². The largest absolute Gasteiger partial charge is 0.476 e. The van der Waals surface area contributed by atoms with Gasteiger partial charge < -0.3 is 15.3 Å². The predicted molar refractivity (Wildman–Crippen MR) is 148 cm³/mol. The van der Waals surface area contributed by atoms with Gasteiger partial charge in [-0.1, -0.05) is 72.8 Å². The number of carbonyl (C=O) groups is 1. The minimum Gasteiger partial charge on any atom is -0.476 e.